The number of hydrogen-bond acceptors (Lipinski definition) is 5. The van der Waals surface area contributed by atoms with E-state index < -0.39 is 5.91 Å². The van der Waals surface area contributed by atoms with Crippen LogP contribution < -0.4 is 15.4 Å². The molecule has 0 aromatic heterocycles. The van der Waals surface area contributed by atoms with Crippen LogP contribution in [0.5, 0.6) is 5.75 Å². The lowest BCUT2D eigenvalue weighted by Crippen LogP contribution is -2.41. The fourth-order valence-electron chi connectivity index (χ4n) is 2.00. The maximum atomic E-state index is 12.1. The summed E-state index contributed by atoms with van der Waals surface area (Å²) in [5.74, 6) is 0.311. The van der Waals surface area contributed by atoms with Crippen LogP contribution in [0.2, 0.25) is 0 Å². The maximum absolute atomic E-state index is 12.1. The third kappa shape index (κ3) is 4.23. The molecule has 0 saturated carbocycles. The fraction of sp³-hybridized carbons (Fsp3) is 0.333. The Hall–Kier alpha value is -2.52. The van der Waals surface area contributed by atoms with Crippen molar-refractivity contribution in [1.29, 1.82) is 5.26 Å². The van der Waals surface area contributed by atoms with Crippen LogP contribution in [0.3, 0.4) is 0 Å². The van der Waals surface area contributed by atoms with Crippen molar-refractivity contribution in [3.05, 3.63) is 36.0 Å². The number of rotatable bonds is 4. The first-order chi connectivity index (χ1) is 10.2. The van der Waals surface area contributed by atoms with Crippen LogP contribution in [0.1, 0.15) is 0 Å². The number of hydrogen-bond donors (Lipinski definition) is 2. The van der Waals surface area contributed by atoms with E-state index >= 15 is 0 Å². The van der Waals surface area contributed by atoms with Crippen LogP contribution in [0.15, 0.2) is 36.0 Å². The summed E-state index contributed by atoms with van der Waals surface area (Å²) in [5.41, 5.74) is 0.731. The van der Waals surface area contributed by atoms with E-state index in [1.165, 1.54) is 0 Å². The SMILES string of the molecule is COc1ccc(NC(=O)/C(C#N)=C\N2CCNCC2)cc1. The molecule has 0 unspecified atom stereocenters. The molecule has 0 radical (unpaired) electrons. The Bertz CT molecular complexity index is 554. The van der Waals surface area contributed by atoms with E-state index in [-0.39, 0.29) is 5.57 Å². The van der Waals surface area contributed by atoms with Crippen LogP contribution >= 0.6 is 0 Å². The van der Waals surface area contributed by atoms with Crippen molar-refractivity contribution in [2.75, 3.05) is 38.6 Å². The quantitative estimate of drug-likeness (QED) is 0.636. The molecule has 1 aromatic rings. The molecule has 6 heteroatoms. The predicted octanol–water partition coefficient (Wildman–Crippen LogP) is 0.946. The molecular weight excluding hydrogens is 268 g/mol. The summed E-state index contributed by atoms with van der Waals surface area (Å²) in [6.45, 7) is 3.30. The number of carbonyl (C=O) groups is 1. The number of carbonyl (C=O) groups excluding carboxylic acids is 1. The first kappa shape index (κ1) is 14.9. The highest BCUT2D eigenvalue weighted by atomic mass is 16.5. The largest absolute Gasteiger partial charge is 0.497 e. The summed E-state index contributed by atoms with van der Waals surface area (Å²) in [4.78, 5) is 14.1. The summed E-state index contributed by atoms with van der Waals surface area (Å²) in [6, 6.07) is 8.92. The first-order valence-corrected chi connectivity index (χ1v) is 6.75. The van der Waals surface area contributed by atoms with Gasteiger partial charge in [0, 0.05) is 38.1 Å². The van der Waals surface area contributed by atoms with Gasteiger partial charge in [0.05, 0.1) is 7.11 Å². The van der Waals surface area contributed by atoms with E-state index in [0.717, 1.165) is 26.2 Å². The average Bonchev–Trinajstić information content (AvgIpc) is 2.54. The lowest BCUT2D eigenvalue weighted by Gasteiger charge is -2.26. The Kier molecular flexibility index (Phi) is 5.18. The molecule has 2 N–H and O–H groups in total. The van der Waals surface area contributed by atoms with E-state index in [2.05, 4.69) is 10.6 Å². The van der Waals surface area contributed by atoms with Crippen LogP contribution in [0.4, 0.5) is 5.69 Å². The van der Waals surface area contributed by atoms with Gasteiger partial charge in [-0.3, -0.25) is 4.79 Å². The normalized spacial score (nSPS) is 15.2. The highest BCUT2D eigenvalue weighted by Crippen LogP contribution is 2.15. The highest BCUT2D eigenvalue weighted by molar-refractivity contribution is 6.06. The molecule has 0 spiro atoms. The van der Waals surface area contributed by atoms with Gasteiger partial charge in [-0.15, -0.1) is 0 Å². The molecule has 1 amide bonds. The minimum atomic E-state index is -0.402. The number of ether oxygens (including phenoxy) is 1. The second-order valence-electron chi connectivity index (χ2n) is 4.62. The number of benzene rings is 1. The van der Waals surface area contributed by atoms with Crippen molar-refractivity contribution in [3.63, 3.8) is 0 Å². The molecule has 0 aliphatic carbocycles. The van der Waals surface area contributed by atoms with Crippen molar-refractivity contribution in [2.24, 2.45) is 0 Å². The summed E-state index contributed by atoms with van der Waals surface area (Å²) in [7, 11) is 1.58. The van der Waals surface area contributed by atoms with Crippen molar-refractivity contribution in [2.45, 2.75) is 0 Å². The van der Waals surface area contributed by atoms with Crippen LogP contribution in [0.25, 0.3) is 0 Å². The summed E-state index contributed by atoms with van der Waals surface area (Å²) in [5, 5.41) is 15.1. The smallest absolute Gasteiger partial charge is 0.267 e. The topological polar surface area (TPSA) is 77.4 Å². The van der Waals surface area contributed by atoms with E-state index in [1.54, 1.807) is 37.6 Å². The summed E-state index contributed by atoms with van der Waals surface area (Å²) < 4.78 is 5.05. The monoisotopic (exact) mass is 286 g/mol. The summed E-state index contributed by atoms with van der Waals surface area (Å²) >= 11 is 0. The lowest BCUT2D eigenvalue weighted by molar-refractivity contribution is -0.112. The number of amides is 1. The second-order valence-corrected chi connectivity index (χ2v) is 4.62. The van der Waals surface area contributed by atoms with E-state index in [1.807, 2.05) is 11.0 Å². The molecule has 21 heavy (non-hydrogen) atoms. The minimum Gasteiger partial charge on any atom is -0.497 e. The maximum Gasteiger partial charge on any atom is 0.267 e. The third-order valence-corrected chi connectivity index (χ3v) is 3.18. The second kappa shape index (κ2) is 7.31. The lowest BCUT2D eigenvalue weighted by atomic mass is 10.2. The molecule has 1 heterocycles. The van der Waals surface area contributed by atoms with Crippen molar-refractivity contribution in [3.8, 4) is 11.8 Å². The van der Waals surface area contributed by atoms with Gasteiger partial charge in [-0.05, 0) is 24.3 Å². The van der Waals surface area contributed by atoms with E-state index in [4.69, 9.17) is 10.00 Å². The van der Waals surface area contributed by atoms with Gasteiger partial charge < -0.3 is 20.3 Å². The molecule has 2 rings (SSSR count). The van der Waals surface area contributed by atoms with Crippen molar-refractivity contribution >= 4 is 11.6 Å². The molecule has 0 atom stereocenters. The Morgan fingerprint density at radius 1 is 1.38 bits per heavy atom. The van der Waals surface area contributed by atoms with Gasteiger partial charge in [-0.1, -0.05) is 0 Å². The Morgan fingerprint density at radius 3 is 2.62 bits per heavy atom. The van der Waals surface area contributed by atoms with Gasteiger partial charge in [-0.25, -0.2) is 0 Å². The van der Waals surface area contributed by atoms with Gasteiger partial charge in [0.1, 0.15) is 17.4 Å². The molecule has 110 valence electrons. The Labute approximate surface area is 124 Å². The number of nitrogens with zero attached hydrogens (tertiary/aromatic N) is 2. The van der Waals surface area contributed by atoms with E-state index in [0.29, 0.717) is 11.4 Å². The zero-order valence-electron chi connectivity index (χ0n) is 11.9. The first-order valence-electron chi connectivity index (χ1n) is 6.75. The Morgan fingerprint density at radius 2 is 2.05 bits per heavy atom. The van der Waals surface area contributed by atoms with E-state index in [9.17, 15) is 4.79 Å². The zero-order valence-corrected chi connectivity index (χ0v) is 11.9. The van der Waals surface area contributed by atoms with Gasteiger partial charge in [0.15, 0.2) is 0 Å². The van der Waals surface area contributed by atoms with Gasteiger partial charge in [0.25, 0.3) is 5.91 Å². The number of methoxy groups -OCH3 is 1. The molecule has 1 aliphatic rings. The third-order valence-electron chi connectivity index (χ3n) is 3.18. The highest BCUT2D eigenvalue weighted by Gasteiger charge is 2.13. The van der Waals surface area contributed by atoms with Crippen LogP contribution in [-0.4, -0.2) is 44.1 Å². The fourth-order valence-corrected chi connectivity index (χ4v) is 2.00. The Balaban J connectivity index is 2.02. The number of anilines is 1. The zero-order chi connectivity index (χ0) is 15.1. The average molecular weight is 286 g/mol. The van der Waals surface area contributed by atoms with Crippen molar-refractivity contribution < 1.29 is 9.53 Å². The molecular formula is C15H18N4O2. The summed E-state index contributed by atoms with van der Waals surface area (Å²) in [6.07, 6.45) is 1.62. The molecule has 1 saturated heterocycles. The minimum absolute atomic E-state index is 0.104. The molecule has 6 nitrogen and oxygen atoms in total. The van der Waals surface area contributed by atoms with Gasteiger partial charge in [0.2, 0.25) is 0 Å². The molecule has 1 aromatic carbocycles. The van der Waals surface area contributed by atoms with Crippen LogP contribution in [0, 0.1) is 11.3 Å². The van der Waals surface area contributed by atoms with Crippen LogP contribution in [-0.2, 0) is 4.79 Å². The van der Waals surface area contributed by atoms with Gasteiger partial charge >= 0.3 is 0 Å². The number of nitrogens with one attached hydrogen (secondary N) is 2. The molecule has 1 fully saturated rings. The molecule has 1 aliphatic heterocycles. The van der Waals surface area contributed by atoms with Gasteiger partial charge in [-0.2, -0.15) is 5.26 Å². The molecule has 0 bridgehead atoms. The number of nitriles is 1. The number of piperazine rings is 1. The van der Waals surface area contributed by atoms with Crippen molar-refractivity contribution in [1.82, 2.24) is 10.2 Å². The standard InChI is InChI=1S/C15H18N4O2/c1-21-14-4-2-13(3-5-14)18-15(20)12(10-16)11-19-8-6-17-7-9-19/h2-5,11,17H,6-9H2,1H3,(H,18,20)/b12-11-. The predicted molar refractivity (Wildman–Crippen MR) is 79.8 cm³/mol.